The Hall–Kier alpha value is -4.41. The number of carbonyl (C=O) groups is 5. The fourth-order valence-electron chi connectivity index (χ4n) is 4.39. The molecule has 38 heavy (non-hydrogen) atoms. The number of fused-ring (bicyclic) bond motifs is 1. The predicted octanol–water partition coefficient (Wildman–Crippen LogP) is 1.92. The van der Waals surface area contributed by atoms with Crippen LogP contribution in [0, 0.1) is 11.8 Å². The maximum atomic E-state index is 13.5. The normalized spacial score (nSPS) is 16.0. The molecule has 2 N–H and O–H groups in total. The number of carboxylic acids is 1. The van der Waals surface area contributed by atoms with E-state index in [1.165, 1.54) is 11.8 Å². The van der Waals surface area contributed by atoms with Crippen molar-refractivity contribution in [2.45, 2.75) is 38.6 Å². The molecule has 0 saturated heterocycles. The Morgan fingerprint density at radius 2 is 1.53 bits per heavy atom. The van der Waals surface area contributed by atoms with Crippen molar-refractivity contribution in [1.82, 2.24) is 10.2 Å². The number of nitrogens with one attached hydrogen (secondary N) is 1. The quantitative estimate of drug-likeness (QED) is 0.284. The maximum Gasteiger partial charge on any atom is 0.411 e. The molecule has 0 aliphatic carbocycles. The van der Waals surface area contributed by atoms with Crippen molar-refractivity contribution in [2.24, 2.45) is 11.8 Å². The summed E-state index contributed by atoms with van der Waals surface area (Å²) < 4.78 is 14.7. The first-order chi connectivity index (χ1) is 18.2. The van der Waals surface area contributed by atoms with Crippen molar-refractivity contribution in [3.05, 3.63) is 71.3 Å². The van der Waals surface area contributed by atoms with Crippen molar-refractivity contribution in [3.8, 4) is 0 Å². The Bertz CT molecular complexity index is 1170. The summed E-state index contributed by atoms with van der Waals surface area (Å²) in [4.78, 5) is 64.4. The number of ether oxygens (including phenoxy) is 3. The van der Waals surface area contributed by atoms with Gasteiger partial charge in [0.15, 0.2) is 5.92 Å². The maximum absolute atomic E-state index is 13.5. The van der Waals surface area contributed by atoms with Gasteiger partial charge in [0.2, 0.25) is 5.91 Å². The van der Waals surface area contributed by atoms with Crippen molar-refractivity contribution < 1.29 is 43.3 Å². The molecule has 2 amide bonds. The van der Waals surface area contributed by atoms with Gasteiger partial charge in [0.05, 0.1) is 20.8 Å². The lowest BCUT2D eigenvalue weighted by Crippen LogP contribution is -2.58. The molecule has 202 valence electrons. The summed E-state index contributed by atoms with van der Waals surface area (Å²) in [6.45, 7) is 1.38. The molecule has 0 fully saturated rings. The van der Waals surface area contributed by atoms with Crippen LogP contribution in [0.4, 0.5) is 4.79 Å². The van der Waals surface area contributed by atoms with E-state index in [-0.39, 0.29) is 19.6 Å². The third-order valence-corrected chi connectivity index (χ3v) is 6.52. The van der Waals surface area contributed by atoms with Crippen LogP contribution < -0.4 is 5.32 Å². The number of rotatable bonds is 9. The third-order valence-electron chi connectivity index (χ3n) is 6.52. The molecular weight excluding hydrogens is 496 g/mol. The predicted molar refractivity (Wildman–Crippen MR) is 132 cm³/mol. The number of carbonyl (C=O) groups excluding carboxylic acids is 4. The minimum absolute atomic E-state index is 0.0130. The van der Waals surface area contributed by atoms with Gasteiger partial charge >= 0.3 is 24.0 Å². The second-order valence-electron chi connectivity index (χ2n) is 8.86. The summed E-state index contributed by atoms with van der Waals surface area (Å²) in [5, 5.41) is 12.3. The number of carboxylic acid groups (broad SMARTS) is 1. The molecule has 0 bridgehead atoms. The highest BCUT2D eigenvalue weighted by Gasteiger charge is 2.44. The number of aliphatic carboxylic acids is 1. The summed E-state index contributed by atoms with van der Waals surface area (Å²) in [5.74, 6) is -7.07. The average molecular weight is 527 g/mol. The van der Waals surface area contributed by atoms with Crippen molar-refractivity contribution in [1.29, 1.82) is 0 Å². The zero-order valence-electron chi connectivity index (χ0n) is 21.3. The Morgan fingerprint density at radius 3 is 2.11 bits per heavy atom. The van der Waals surface area contributed by atoms with Crippen molar-refractivity contribution in [3.63, 3.8) is 0 Å². The first-order valence-electron chi connectivity index (χ1n) is 11.9. The highest BCUT2D eigenvalue weighted by Crippen LogP contribution is 2.26. The lowest BCUT2D eigenvalue weighted by Gasteiger charge is -2.36. The molecule has 11 nitrogen and oxygen atoms in total. The minimum Gasteiger partial charge on any atom is -0.480 e. The molecule has 0 spiro atoms. The standard InChI is InChI=1S/C27H30N2O9/c1-16(21(25(33)36-2)26(34)37-3)22(24(31)32)28-23(30)20-13-18-11-7-8-12-19(18)14-29(20)27(35)38-15-17-9-5-4-6-10-17/h4-12,16,20-22H,13-15H2,1-3H3,(H,28,30)(H,31,32)/t16-,20+,22-/m1/s1. The second kappa shape index (κ2) is 12.7. The Morgan fingerprint density at radius 1 is 0.947 bits per heavy atom. The van der Waals surface area contributed by atoms with E-state index in [2.05, 4.69) is 14.8 Å². The van der Waals surface area contributed by atoms with Crippen LogP contribution in [0.3, 0.4) is 0 Å². The lowest BCUT2D eigenvalue weighted by molar-refractivity contribution is -0.163. The molecule has 0 saturated carbocycles. The Labute approximate surface area is 219 Å². The van der Waals surface area contributed by atoms with Crippen molar-refractivity contribution >= 4 is 29.9 Å². The van der Waals surface area contributed by atoms with Crippen LogP contribution in [0.5, 0.6) is 0 Å². The van der Waals surface area contributed by atoms with E-state index in [0.29, 0.717) is 0 Å². The van der Waals surface area contributed by atoms with E-state index < -0.39 is 53.8 Å². The molecule has 11 heteroatoms. The van der Waals surface area contributed by atoms with Gasteiger partial charge < -0.3 is 24.6 Å². The van der Waals surface area contributed by atoms with Gasteiger partial charge in [-0.25, -0.2) is 9.59 Å². The van der Waals surface area contributed by atoms with Gasteiger partial charge in [0.1, 0.15) is 18.7 Å². The van der Waals surface area contributed by atoms with Crippen LogP contribution in [0.1, 0.15) is 23.6 Å². The first kappa shape index (κ1) is 28.2. The molecule has 1 aliphatic heterocycles. The number of benzene rings is 2. The van der Waals surface area contributed by atoms with Crippen LogP contribution in [0.2, 0.25) is 0 Å². The van der Waals surface area contributed by atoms with Gasteiger partial charge in [-0.2, -0.15) is 0 Å². The number of hydrogen-bond acceptors (Lipinski definition) is 8. The smallest absolute Gasteiger partial charge is 0.411 e. The average Bonchev–Trinajstić information content (AvgIpc) is 2.93. The molecule has 0 aromatic heterocycles. The number of hydrogen-bond donors (Lipinski definition) is 2. The van der Waals surface area contributed by atoms with Crippen LogP contribution in [-0.4, -0.2) is 66.2 Å². The monoisotopic (exact) mass is 526 g/mol. The van der Waals surface area contributed by atoms with E-state index in [4.69, 9.17) is 4.74 Å². The van der Waals surface area contributed by atoms with Gasteiger partial charge in [-0.1, -0.05) is 61.5 Å². The number of nitrogens with zero attached hydrogens (tertiary/aromatic N) is 1. The Kier molecular flexibility index (Phi) is 9.42. The van der Waals surface area contributed by atoms with Gasteiger partial charge in [0.25, 0.3) is 0 Å². The van der Waals surface area contributed by atoms with Crippen LogP contribution in [-0.2, 0) is 53.0 Å². The highest BCUT2D eigenvalue weighted by atomic mass is 16.6. The topological polar surface area (TPSA) is 149 Å². The molecule has 3 atom stereocenters. The Balaban J connectivity index is 1.85. The summed E-state index contributed by atoms with van der Waals surface area (Å²) in [5.41, 5.74) is 2.41. The largest absolute Gasteiger partial charge is 0.480 e. The van der Waals surface area contributed by atoms with Gasteiger partial charge in [-0.05, 0) is 16.7 Å². The zero-order chi connectivity index (χ0) is 27.8. The zero-order valence-corrected chi connectivity index (χ0v) is 21.3. The number of amides is 2. The molecule has 0 radical (unpaired) electrons. The van der Waals surface area contributed by atoms with E-state index in [1.54, 1.807) is 30.3 Å². The lowest BCUT2D eigenvalue weighted by atomic mass is 9.86. The van der Waals surface area contributed by atoms with Crippen LogP contribution in [0.25, 0.3) is 0 Å². The van der Waals surface area contributed by atoms with Crippen LogP contribution >= 0.6 is 0 Å². The summed E-state index contributed by atoms with van der Waals surface area (Å²) >= 11 is 0. The molecular formula is C27H30N2O9. The first-order valence-corrected chi connectivity index (χ1v) is 11.9. The summed E-state index contributed by atoms with van der Waals surface area (Å²) in [6.07, 6.45) is -0.633. The molecule has 1 heterocycles. The summed E-state index contributed by atoms with van der Waals surface area (Å²) in [6, 6.07) is 13.5. The molecule has 3 rings (SSSR count). The minimum atomic E-state index is -1.66. The molecule has 2 aromatic carbocycles. The number of methoxy groups -OCH3 is 2. The van der Waals surface area contributed by atoms with Gasteiger partial charge in [-0.15, -0.1) is 0 Å². The van der Waals surface area contributed by atoms with E-state index in [9.17, 15) is 29.1 Å². The fourth-order valence-corrected chi connectivity index (χ4v) is 4.39. The van der Waals surface area contributed by atoms with E-state index in [1.807, 2.05) is 24.3 Å². The molecule has 2 aromatic rings. The SMILES string of the molecule is COC(=O)C(C(=O)OC)[C@@H](C)[C@@H](NC(=O)[C@@H]1Cc2ccccc2CN1C(=O)OCc1ccccc1)C(=O)O. The van der Waals surface area contributed by atoms with E-state index in [0.717, 1.165) is 30.9 Å². The van der Waals surface area contributed by atoms with Gasteiger partial charge in [0, 0.05) is 12.3 Å². The molecule has 1 aliphatic rings. The fraction of sp³-hybridized carbons (Fsp3) is 0.370. The van der Waals surface area contributed by atoms with Gasteiger partial charge in [-0.3, -0.25) is 19.3 Å². The summed E-state index contributed by atoms with van der Waals surface area (Å²) in [7, 11) is 2.11. The number of esters is 2. The highest BCUT2D eigenvalue weighted by molar-refractivity contribution is 5.97. The second-order valence-corrected chi connectivity index (χ2v) is 8.86. The third kappa shape index (κ3) is 6.47. The van der Waals surface area contributed by atoms with Crippen LogP contribution in [0.15, 0.2) is 54.6 Å². The molecule has 0 unspecified atom stereocenters. The van der Waals surface area contributed by atoms with E-state index >= 15 is 0 Å². The van der Waals surface area contributed by atoms with Crippen molar-refractivity contribution in [2.75, 3.05) is 14.2 Å².